The standard InChI is InChI=1S/C13H19BrO2.C8H9BrO/c1-9-7-11(14)8-10(2)12(9)16-6-5-13(3,4)15;1-5-3-7(9)4-6(2)8(5)10/h7-8,15H,5-6H2,1-4H3;3-4,10H,1-2H3. The van der Waals surface area contributed by atoms with Gasteiger partial charge in [-0.1, -0.05) is 31.9 Å². The molecule has 0 bridgehead atoms. The van der Waals surface area contributed by atoms with E-state index < -0.39 is 5.60 Å². The van der Waals surface area contributed by atoms with Gasteiger partial charge in [-0.15, -0.1) is 0 Å². The fourth-order valence-corrected chi connectivity index (χ4v) is 3.80. The van der Waals surface area contributed by atoms with E-state index in [1.165, 1.54) is 0 Å². The summed E-state index contributed by atoms with van der Waals surface area (Å²) in [4.78, 5) is 0. The quantitative estimate of drug-likeness (QED) is 0.526. The van der Waals surface area contributed by atoms with Gasteiger partial charge in [0.15, 0.2) is 0 Å². The van der Waals surface area contributed by atoms with Crippen molar-refractivity contribution in [3.05, 3.63) is 55.5 Å². The third-order valence-electron chi connectivity index (χ3n) is 3.84. The number of ether oxygens (including phenoxy) is 1. The van der Waals surface area contributed by atoms with Gasteiger partial charge in [0, 0.05) is 15.4 Å². The number of aromatic hydroxyl groups is 1. The maximum Gasteiger partial charge on any atom is 0.125 e. The van der Waals surface area contributed by atoms with Crippen LogP contribution in [0.5, 0.6) is 11.5 Å². The number of rotatable bonds is 4. The highest BCUT2D eigenvalue weighted by molar-refractivity contribution is 9.10. The fraction of sp³-hybridized carbons (Fsp3) is 0.429. The molecule has 0 amide bonds. The Hall–Kier alpha value is -1.04. The molecule has 0 aliphatic heterocycles. The Morgan fingerprint density at radius 3 is 1.62 bits per heavy atom. The van der Waals surface area contributed by atoms with Gasteiger partial charge in [0.2, 0.25) is 0 Å². The highest BCUT2D eigenvalue weighted by Crippen LogP contribution is 2.28. The predicted octanol–water partition coefficient (Wildman–Crippen LogP) is 6.38. The number of phenolic OH excluding ortho intramolecular Hbond substituents is 1. The first kappa shape index (κ1) is 23.0. The molecule has 0 spiro atoms. The van der Waals surface area contributed by atoms with Crippen molar-refractivity contribution in [3.8, 4) is 11.5 Å². The predicted molar refractivity (Wildman–Crippen MR) is 115 cm³/mol. The second-order valence-corrected chi connectivity index (χ2v) is 9.00. The summed E-state index contributed by atoms with van der Waals surface area (Å²) in [5.41, 5.74) is 3.38. The van der Waals surface area contributed by atoms with Crippen LogP contribution < -0.4 is 4.74 Å². The molecule has 0 aliphatic carbocycles. The van der Waals surface area contributed by atoms with Crippen molar-refractivity contribution in [1.29, 1.82) is 0 Å². The molecule has 0 unspecified atom stereocenters. The SMILES string of the molecule is Cc1cc(Br)cc(C)c1O.Cc1cc(Br)cc(C)c1OCCC(C)(C)O. The summed E-state index contributed by atoms with van der Waals surface area (Å²) < 4.78 is 7.80. The van der Waals surface area contributed by atoms with Crippen LogP contribution in [0.15, 0.2) is 33.2 Å². The van der Waals surface area contributed by atoms with Crippen LogP contribution in [-0.2, 0) is 0 Å². The number of phenols is 1. The number of benzene rings is 2. The molecule has 5 heteroatoms. The molecule has 0 heterocycles. The van der Waals surface area contributed by atoms with Crippen LogP contribution in [0.25, 0.3) is 0 Å². The van der Waals surface area contributed by atoms with Crippen molar-refractivity contribution >= 4 is 31.9 Å². The van der Waals surface area contributed by atoms with Gasteiger partial charge in [-0.2, -0.15) is 0 Å². The van der Waals surface area contributed by atoms with Crippen LogP contribution in [0.2, 0.25) is 0 Å². The van der Waals surface area contributed by atoms with Crippen LogP contribution in [0, 0.1) is 27.7 Å². The topological polar surface area (TPSA) is 49.7 Å². The third kappa shape index (κ3) is 7.68. The number of hydrogen-bond donors (Lipinski definition) is 2. The number of halogens is 2. The molecular weight excluding hydrogens is 460 g/mol. The Kier molecular flexibility index (Phi) is 8.64. The molecule has 0 saturated carbocycles. The lowest BCUT2D eigenvalue weighted by atomic mass is 10.1. The molecule has 3 nitrogen and oxygen atoms in total. The third-order valence-corrected chi connectivity index (χ3v) is 4.76. The normalized spacial score (nSPS) is 11.0. The van der Waals surface area contributed by atoms with Crippen LogP contribution in [0.1, 0.15) is 42.5 Å². The van der Waals surface area contributed by atoms with E-state index >= 15 is 0 Å². The minimum atomic E-state index is -0.669. The van der Waals surface area contributed by atoms with Gasteiger partial charge in [-0.05, 0) is 88.1 Å². The zero-order valence-corrected chi connectivity index (χ0v) is 19.5. The first-order valence-corrected chi connectivity index (χ1v) is 10.1. The second-order valence-electron chi connectivity index (χ2n) is 7.17. The van der Waals surface area contributed by atoms with Gasteiger partial charge in [0.1, 0.15) is 11.5 Å². The van der Waals surface area contributed by atoms with Gasteiger partial charge < -0.3 is 14.9 Å². The molecule has 26 heavy (non-hydrogen) atoms. The Labute approximate surface area is 173 Å². The lowest BCUT2D eigenvalue weighted by molar-refractivity contribution is 0.0551. The van der Waals surface area contributed by atoms with Crippen molar-refractivity contribution in [3.63, 3.8) is 0 Å². The summed E-state index contributed by atoms with van der Waals surface area (Å²) in [6, 6.07) is 7.85. The molecule has 2 rings (SSSR count). The van der Waals surface area contributed by atoms with Crippen LogP contribution in [-0.4, -0.2) is 22.4 Å². The molecule has 2 aromatic rings. The van der Waals surface area contributed by atoms with E-state index in [4.69, 9.17) is 4.74 Å². The summed E-state index contributed by atoms with van der Waals surface area (Å²) >= 11 is 6.79. The smallest absolute Gasteiger partial charge is 0.125 e. The average molecular weight is 488 g/mol. The van der Waals surface area contributed by atoms with Crippen molar-refractivity contribution in [2.45, 2.75) is 53.6 Å². The van der Waals surface area contributed by atoms with Gasteiger partial charge >= 0.3 is 0 Å². The molecule has 144 valence electrons. The maximum absolute atomic E-state index is 9.59. The lowest BCUT2D eigenvalue weighted by Crippen LogP contribution is -2.22. The van der Waals surface area contributed by atoms with Gasteiger partial charge in [-0.3, -0.25) is 0 Å². The van der Waals surface area contributed by atoms with Gasteiger partial charge in [-0.25, -0.2) is 0 Å². The van der Waals surface area contributed by atoms with Crippen LogP contribution in [0.3, 0.4) is 0 Å². The molecule has 0 aromatic heterocycles. The Balaban J connectivity index is 0.000000289. The zero-order valence-electron chi connectivity index (χ0n) is 16.3. The number of hydrogen-bond acceptors (Lipinski definition) is 3. The van der Waals surface area contributed by atoms with E-state index in [1.807, 2.05) is 52.0 Å². The van der Waals surface area contributed by atoms with E-state index in [1.54, 1.807) is 13.8 Å². The fourth-order valence-electron chi connectivity index (χ4n) is 2.43. The number of aliphatic hydroxyl groups is 1. The molecule has 0 aliphatic rings. The van der Waals surface area contributed by atoms with E-state index in [0.717, 1.165) is 36.9 Å². The Morgan fingerprint density at radius 1 is 0.846 bits per heavy atom. The minimum absolute atomic E-state index is 0.392. The molecule has 0 radical (unpaired) electrons. The summed E-state index contributed by atoms with van der Waals surface area (Å²) in [5, 5.41) is 18.9. The molecule has 0 saturated heterocycles. The van der Waals surface area contributed by atoms with Crippen molar-refractivity contribution in [1.82, 2.24) is 0 Å². The molecule has 0 fully saturated rings. The molecule has 2 aromatic carbocycles. The lowest BCUT2D eigenvalue weighted by Gasteiger charge is -2.18. The van der Waals surface area contributed by atoms with E-state index in [-0.39, 0.29) is 0 Å². The highest BCUT2D eigenvalue weighted by atomic mass is 79.9. The first-order valence-electron chi connectivity index (χ1n) is 8.48. The van der Waals surface area contributed by atoms with Crippen LogP contribution in [0.4, 0.5) is 0 Å². The summed E-state index contributed by atoms with van der Waals surface area (Å²) in [6.45, 7) is 11.9. The zero-order chi connectivity index (χ0) is 20.1. The minimum Gasteiger partial charge on any atom is -0.507 e. The van der Waals surface area contributed by atoms with Crippen molar-refractivity contribution < 1.29 is 14.9 Å². The highest BCUT2D eigenvalue weighted by Gasteiger charge is 2.13. The summed E-state index contributed by atoms with van der Waals surface area (Å²) in [5.74, 6) is 1.32. The molecule has 0 atom stereocenters. The van der Waals surface area contributed by atoms with Gasteiger partial charge in [0.05, 0.1) is 12.2 Å². The Bertz CT molecular complexity index is 703. The van der Waals surface area contributed by atoms with Crippen molar-refractivity contribution in [2.24, 2.45) is 0 Å². The molecular formula is C21H28Br2O3. The second kappa shape index (κ2) is 9.77. The van der Waals surface area contributed by atoms with Crippen LogP contribution >= 0.6 is 31.9 Å². The largest absolute Gasteiger partial charge is 0.507 e. The van der Waals surface area contributed by atoms with Gasteiger partial charge in [0.25, 0.3) is 0 Å². The summed E-state index contributed by atoms with van der Waals surface area (Å²) in [7, 11) is 0. The summed E-state index contributed by atoms with van der Waals surface area (Å²) in [6.07, 6.45) is 0.627. The average Bonchev–Trinajstić information content (AvgIpc) is 2.47. The monoisotopic (exact) mass is 486 g/mol. The first-order chi connectivity index (χ1) is 11.9. The Morgan fingerprint density at radius 2 is 1.23 bits per heavy atom. The van der Waals surface area contributed by atoms with E-state index in [2.05, 4.69) is 31.9 Å². The maximum atomic E-state index is 9.59. The van der Waals surface area contributed by atoms with Crippen molar-refractivity contribution in [2.75, 3.05) is 6.61 Å². The van der Waals surface area contributed by atoms with E-state index in [0.29, 0.717) is 18.8 Å². The number of aryl methyl sites for hydroxylation is 4. The van der Waals surface area contributed by atoms with E-state index in [9.17, 15) is 10.2 Å². The molecule has 2 N–H and O–H groups in total.